The van der Waals surface area contributed by atoms with Gasteiger partial charge in [-0.25, -0.2) is 4.98 Å². The highest BCUT2D eigenvalue weighted by Crippen LogP contribution is 2.36. The summed E-state index contributed by atoms with van der Waals surface area (Å²) in [5.41, 5.74) is 11.1. The average molecular weight is 376 g/mol. The number of para-hydroxylation sites is 2. The van der Waals surface area contributed by atoms with Crippen LogP contribution in [0.3, 0.4) is 0 Å². The molecule has 2 aromatic heterocycles. The normalized spacial score (nSPS) is 27.6. The van der Waals surface area contributed by atoms with Crippen LogP contribution in [0.5, 0.6) is 0 Å². The number of pyridine rings is 1. The van der Waals surface area contributed by atoms with Gasteiger partial charge in [-0.2, -0.15) is 0 Å². The Hall–Kier alpha value is -2.24. The Labute approximate surface area is 166 Å². The molecule has 0 radical (unpaired) electrons. The number of aromatic amines is 1. The summed E-state index contributed by atoms with van der Waals surface area (Å²) in [6, 6.07) is 13.2. The predicted octanol–water partition coefficient (Wildman–Crippen LogP) is 3.81. The van der Waals surface area contributed by atoms with Crippen LogP contribution < -0.4 is 11.1 Å². The second-order valence-electron chi connectivity index (χ2n) is 8.63. The topological polar surface area (TPSA) is 79.6 Å². The van der Waals surface area contributed by atoms with Crippen LogP contribution in [-0.4, -0.2) is 26.5 Å². The van der Waals surface area contributed by atoms with Crippen molar-refractivity contribution in [3.63, 3.8) is 0 Å². The van der Waals surface area contributed by atoms with Gasteiger partial charge in [-0.05, 0) is 68.7 Å². The molecule has 0 bridgehead atoms. The van der Waals surface area contributed by atoms with Gasteiger partial charge in [-0.3, -0.25) is 4.98 Å². The first-order valence-electron chi connectivity index (χ1n) is 10.6. The minimum atomic E-state index is 0.0283. The standard InChI is InChI=1S/C23H29N5/c24-17-10-12-23(13-11-17,15-21-26-18-7-1-2-8-19(18)27-21)28-20-9-3-5-16-6-4-14-25-22(16)20/h1-2,4,6-8,14,17,20,28H,3,5,9-13,15,24H2,(H,26,27)/t17?,20-,23?/m0/s1. The number of aromatic nitrogens is 3. The van der Waals surface area contributed by atoms with Gasteiger partial charge in [0, 0.05) is 24.2 Å². The second-order valence-corrected chi connectivity index (χ2v) is 8.63. The number of hydrogen-bond acceptors (Lipinski definition) is 4. The lowest BCUT2D eigenvalue weighted by atomic mass is 9.76. The van der Waals surface area contributed by atoms with E-state index in [4.69, 9.17) is 15.7 Å². The first-order valence-corrected chi connectivity index (χ1v) is 10.6. The number of hydrogen-bond donors (Lipinski definition) is 3. The predicted molar refractivity (Wildman–Crippen MR) is 112 cm³/mol. The molecule has 2 heterocycles. The fourth-order valence-corrected chi connectivity index (χ4v) is 5.09. The number of nitrogens with one attached hydrogen (secondary N) is 2. The zero-order valence-corrected chi connectivity index (χ0v) is 16.3. The van der Waals surface area contributed by atoms with Gasteiger partial charge in [0.15, 0.2) is 0 Å². The number of imidazole rings is 1. The minimum Gasteiger partial charge on any atom is -0.342 e. The van der Waals surface area contributed by atoms with Crippen LogP contribution in [0, 0.1) is 0 Å². The molecule has 28 heavy (non-hydrogen) atoms. The van der Waals surface area contributed by atoms with Crippen LogP contribution in [0.4, 0.5) is 0 Å². The maximum atomic E-state index is 6.26. The largest absolute Gasteiger partial charge is 0.342 e. The van der Waals surface area contributed by atoms with Gasteiger partial charge in [0.25, 0.3) is 0 Å². The summed E-state index contributed by atoms with van der Waals surface area (Å²) in [4.78, 5) is 13.1. The van der Waals surface area contributed by atoms with Crippen molar-refractivity contribution in [2.75, 3.05) is 0 Å². The van der Waals surface area contributed by atoms with Crippen LogP contribution in [0.1, 0.15) is 61.6 Å². The molecule has 2 aliphatic carbocycles. The van der Waals surface area contributed by atoms with E-state index in [1.165, 1.54) is 17.7 Å². The SMILES string of the molecule is NC1CCC(Cc2nc3ccccc3[nH]2)(N[C@H]2CCCc3cccnc32)CC1. The molecule has 1 saturated carbocycles. The molecule has 0 saturated heterocycles. The van der Waals surface area contributed by atoms with Crippen molar-refractivity contribution in [3.05, 3.63) is 59.7 Å². The van der Waals surface area contributed by atoms with Crippen LogP contribution in [-0.2, 0) is 12.8 Å². The first kappa shape index (κ1) is 17.8. The van der Waals surface area contributed by atoms with Crippen molar-refractivity contribution in [3.8, 4) is 0 Å². The van der Waals surface area contributed by atoms with E-state index < -0.39 is 0 Å². The molecule has 5 rings (SSSR count). The lowest BCUT2D eigenvalue weighted by Gasteiger charge is -2.43. The monoisotopic (exact) mass is 375 g/mol. The molecule has 1 atom stereocenters. The van der Waals surface area contributed by atoms with Crippen LogP contribution >= 0.6 is 0 Å². The molecule has 146 valence electrons. The molecule has 0 unspecified atom stereocenters. The number of benzene rings is 1. The van der Waals surface area contributed by atoms with E-state index in [2.05, 4.69) is 40.6 Å². The highest BCUT2D eigenvalue weighted by Gasteiger charge is 2.38. The third-order valence-electron chi connectivity index (χ3n) is 6.61. The highest BCUT2D eigenvalue weighted by molar-refractivity contribution is 5.74. The molecular formula is C23H29N5. The molecule has 3 aromatic rings. The van der Waals surface area contributed by atoms with E-state index in [1.807, 2.05) is 12.3 Å². The van der Waals surface area contributed by atoms with Gasteiger partial charge in [0.2, 0.25) is 0 Å². The van der Waals surface area contributed by atoms with E-state index in [0.717, 1.165) is 61.8 Å². The van der Waals surface area contributed by atoms with Gasteiger partial charge in [0.1, 0.15) is 5.82 Å². The Bertz CT molecular complexity index is 921. The zero-order chi connectivity index (χ0) is 19.0. The molecule has 0 spiro atoms. The lowest BCUT2D eigenvalue weighted by molar-refractivity contribution is 0.181. The summed E-state index contributed by atoms with van der Waals surface area (Å²) < 4.78 is 0. The summed E-state index contributed by atoms with van der Waals surface area (Å²) in [5, 5.41) is 4.06. The zero-order valence-electron chi connectivity index (χ0n) is 16.3. The van der Waals surface area contributed by atoms with Gasteiger partial charge >= 0.3 is 0 Å². The van der Waals surface area contributed by atoms with Gasteiger partial charge in [0.05, 0.1) is 22.8 Å². The summed E-state index contributed by atoms with van der Waals surface area (Å²) >= 11 is 0. The van der Waals surface area contributed by atoms with Crippen molar-refractivity contribution < 1.29 is 0 Å². The number of rotatable bonds is 4. The summed E-state index contributed by atoms with van der Waals surface area (Å²) in [6.45, 7) is 0. The van der Waals surface area contributed by atoms with E-state index in [0.29, 0.717) is 12.1 Å². The fraction of sp³-hybridized carbons (Fsp3) is 0.478. The van der Waals surface area contributed by atoms with E-state index in [9.17, 15) is 0 Å². The van der Waals surface area contributed by atoms with Gasteiger partial charge in [-0.15, -0.1) is 0 Å². The van der Waals surface area contributed by atoms with Crippen molar-refractivity contribution >= 4 is 11.0 Å². The second kappa shape index (κ2) is 7.30. The Morgan fingerprint density at radius 2 is 1.96 bits per heavy atom. The van der Waals surface area contributed by atoms with Gasteiger partial charge in [-0.1, -0.05) is 18.2 Å². The van der Waals surface area contributed by atoms with E-state index >= 15 is 0 Å². The van der Waals surface area contributed by atoms with Crippen molar-refractivity contribution in [2.45, 2.75) is 69.0 Å². The Morgan fingerprint density at radius 3 is 2.82 bits per heavy atom. The van der Waals surface area contributed by atoms with Crippen LogP contribution in [0.2, 0.25) is 0 Å². The van der Waals surface area contributed by atoms with Crippen molar-refractivity contribution in [2.24, 2.45) is 5.73 Å². The number of aryl methyl sites for hydroxylation is 1. The summed E-state index contributed by atoms with van der Waals surface area (Å²) in [6.07, 6.45) is 10.7. The highest BCUT2D eigenvalue weighted by atomic mass is 15.1. The minimum absolute atomic E-state index is 0.0283. The molecule has 5 heteroatoms. The smallest absolute Gasteiger partial charge is 0.109 e. The number of nitrogens with two attached hydrogens (primary N) is 1. The summed E-state index contributed by atoms with van der Waals surface area (Å²) in [5.74, 6) is 1.07. The first-order chi connectivity index (χ1) is 13.7. The average Bonchev–Trinajstić information content (AvgIpc) is 3.13. The van der Waals surface area contributed by atoms with Crippen molar-refractivity contribution in [1.29, 1.82) is 0 Å². The van der Waals surface area contributed by atoms with Gasteiger partial charge < -0.3 is 16.0 Å². The lowest BCUT2D eigenvalue weighted by Crippen LogP contribution is -2.53. The molecule has 5 nitrogen and oxygen atoms in total. The third-order valence-corrected chi connectivity index (χ3v) is 6.61. The third kappa shape index (κ3) is 3.45. The maximum absolute atomic E-state index is 6.26. The van der Waals surface area contributed by atoms with E-state index in [-0.39, 0.29) is 5.54 Å². The Morgan fingerprint density at radius 1 is 1.11 bits per heavy atom. The van der Waals surface area contributed by atoms with Crippen LogP contribution in [0.25, 0.3) is 11.0 Å². The molecule has 2 aliphatic rings. The summed E-state index contributed by atoms with van der Waals surface area (Å²) in [7, 11) is 0. The van der Waals surface area contributed by atoms with Crippen LogP contribution in [0.15, 0.2) is 42.6 Å². The quantitative estimate of drug-likeness (QED) is 0.648. The number of H-pyrrole nitrogens is 1. The Kier molecular flexibility index (Phi) is 4.65. The molecule has 0 aliphatic heterocycles. The maximum Gasteiger partial charge on any atom is 0.109 e. The number of fused-ring (bicyclic) bond motifs is 2. The Balaban J connectivity index is 1.44. The molecule has 1 fully saturated rings. The van der Waals surface area contributed by atoms with E-state index in [1.54, 1.807) is 0 Å². The molecule has 1 aromatic carbocycles. The number of nitrogens with zero attached hydrogens (tertiary/aromatic N) is 2. The molecular weight excluding hydrogens is 346 g/mol. The fourth-order valence-electron chi connectivity index (χ4n) is 5.09. The molecule has 4 N–H and O–H groups in total. The molecule has 0 amide bonds. The van der Waals surface area contributed by atoms with Crippen molar-refractivity contribution in [1.82, 2.24) is 20.3 Å².